The van der Waals surface area contributed by atoms with Gasteiger partial charge >= 0.3 is 0 Å². The van der Waals surface area contributed by atoms with Crippen molar-refractivity contribution in [2.45, 2.75) is 6.54 Å². The van der Waals surface area contributed by atoms with Crippen molar-refractivity contribution < 1.29 is 9.53 Å². The lowest BCUT2D eigenvalue weighted by molar-refractivity contribution is -0.132. The molecule has 0 radical (unpaired) electrons. The minimum atomic E-state index is -0.105. The van der Waals surface area contributed by atoms with Gasteiger partial charge in [-0.3, -0.25) is 4.79 Å². The van der Waals surface area contributed by atoms with Gasteiger partial charge in [0, 0.05) is 24.3 Å². The Balaban J connectivity index is 1.86. The summed E-state index contributed by atoms with van der Waals surface area (Å²) >= 11 is 5.92. The zero-order valence-electron chi connectivity index (χ0n) is 11.8. The second-order valence-corrected chi connectivity index (χ2v) is 5.17. The summed E-state index contributed by atoms with van der Waals surface area (Å²) in [5.41, 5.74) is 7.22. The van der Waals surface area contributed by atoms with E-state index in [1.807, 2.05) is 18.2 Å². The summed E-state index contributed by atoms with van der Waals surface area (Å²) in [5.74, 6) is 0.514. The second-order valence-electron chi connectivity index (χ2n) is 4.74. The van der Waals surface area contributed by atoms with E-state index in [1.165, 1.54) is 0 Å². The van der Waals surface area contributed by atoms with E-state index in [1.54, 1.807) is 42.3 Å². The number of amides is 1. The van der Waals surface area contributed by atoms with Crippen molar-refractivity contribution in [3.05, 3.63) is 59.1 Å². The zero-order chi connectivity index (χ0) is 15.2. The lowest BCUT2D eigenvalue weighted by Gasteiger charge is -2.17. The Morgan fingerprint density at radius 1 is 1.24 bits per heavy atom. The third-order valence-corrected chi connectivity index (χ3v) is 3.21. The number of carbonyl (C=O) groups is 1. The van der Waals surface area contributed by atoms with Crippen molar-refractivity contribution >= 4 is 23.2 Å². The van der Waals surface area contributed by atoms with Crippen LogP contribution in [0.5, 0.6) is 5.75 Å². The standard InChI is InChI=1S/C16H17ClN2O2/c1-19(10-12-3-2-4-13(17)9-12)16(20)11-21-15-7-5-14(18)6-8-15/h2-9H,10-11,18H2,1H3. The maximum Gasteiger partial charge on any atom is 0.260 e. The number of rotatable bonds is 5. The summed E-state index contributed by atoms with van der Waals surface area (Å²) in [6.45, 7) is 0.478. The minimum absolute atomic E-state index is 0.0129. The van der Waals surface area contributed by atoms with E-state index < -0.39 is 0 Å². The van der Waals surface area contributed by atoms with Gasteiger partial charge in [-0.1, -0.05) is 23.7 Å². The second kappa shape index (κ2) is 6.99. The topological polar surface area (TPSA) is 55.6 Å². The molecule has 110 valence electrons. The quantitative estimate of drug-likeness (QED) is 0.864. The predicted molar refractivity (Wildman–Crippen MR) is 84.3 cm³/mol. The minimum Gasteiger partial charge on any atom is -0.484 e. The van der Waals surface area contributed by atoms with E-state index in [0.29, 0.717) is 23.0 Å². The molecule has 2 N–H and O–H groups in total. The SMILES string of the molecule is CN(Cc1cccc(Cl)c1)C(=O)COc1ccc(N)cc1. The number of benzene rings is 2. The molecule has 2 aromatic carbocycles. The van der Waals surface area contributed by atoms with Gasteiger partial charge in [0.2, 0.25) is 0 Å². The highest BCUT2D eigenvalue weighted by molar-refractivity contribution is 6.30. The Kier molecular flexibility index (Phi) is 5.06. The van der Waals surface area contributed by atoms with Crippen LogP contribution >= 0.6 is 11.6 Å². The van der Waals surface area contributed by atoms with Crippen molar-refractivity contribution in [2.75, 3.05) is 19.4 Å². The molecule has 0 fully saturated rings. The molecule has 2 aromatic rings. The van der Waals surface area contributed by atoms with Crippen LogP contribution in [0.4, 0.5) is 5.69 Å². The lowest BCUT2D eigenvalue weighted by atomic mass is 10.2. The highest BCUT2D eigenvalue weighted by Crippen LogP contribution is 2.14. The third kappa shape index (κ3) is 4.68. The van der Waals surface area contributed by atoms with Crippen molar-refractivity contribution in [2.24, 2.45) is 0 Å². The van der Waals surface area contributed by atoms with Crippen LogP contribution in [0.25, 0.3) is 0 Å². The average molecular weight is 305 g/mol. The van der Waals surface area contributed by atoms with Crippen LogP contribution < -0.4 is 10.5 Å². The Bertz CT molecular complexity index is 614. The summed E-state index contributed by atoms with van der Waals surface area (Å²) in [6.07, 6.45) is 0. The number of anilines is 1. The van der Waals surface area contributed by atoms with Gasteiger partial charge in [0.1, 0.15) is 5.75 Å². The fraction of sp³-hybridized carbons (Fsp3) is 0.188. The molecule has 2 rings (SSSR count). The molecular weight excluding hydrogens is 288 g/mol. The Morgan fingerprint density at radius 3 is 2.62 bits per heavy atom. The number of halogens is 1. The molecule has 21 heavy (non-hydrogen) atoms. The van der Waals surface area contributed by atoms with Crippen LogP contribution in [0.3, 0.4) is 0 Å². The largest absolute Gasteiger partial charge is 0.484 e. The van der Waals surface area contributed by atoms with Gasteiger partial charge in [-0.25, -0.2) is 0 Å². The first-order valence-corrected chi connectivity index (χ1v) is 6.89. The molecule has 0 aliphatic rings. The normalized spacial score (nSPS) is 10.2. The van der Waals surface area contributed by atoms with Crippen molar-refractivity contribution in [3.63, 3.8) is 0 Å². The van der Waals surface area contributed by atoms with E-state index >= 15 is 0 Å². The molecule has 0 heterocycles. The van der Waals surface area contributed by atoms with Gasteiger partial charge in [-0.2, -0.15) is 0 Å². The molecule has 0 saturated carbocycles. The molecule has 0 bridgehead atoms. The molecule has 0 aliphatic carbocycles. The molecule has 5 heteroatoms. The average Bonchev–Trinajstić information content (AvgIpc) is 2.46. The number of nitrogens with two attached hydrogens (primary N) is 1. The summed E-state index contributed by atoms with van der Waals surface area (Å²) in [6, 6.07) is 14.4. The predicted octanol–water partition coefficient (Wildman–Crippen LogP) is 2.96. The number of hydrogen-bond donors (Lipinski definition) is 1. The molecule has 1 amide bonds. The molecule has 4 nitrogen and oxygen atoms in total. The first-order valence-electron chi connectivity index (χ1n) is 6.51. The van der Waals surface area contributed by atoms with Crippen LogP contribution in [0.1, 0.15) is 5.56 Å². The number of nitrogen functional groups attached to an aromatic ring is 1. The first kappa shape index (κ1) is 15.2. The van der Waals surface area contributed by atoms with E-state index in [9.17, 15) is 4.79 Å². The van der Waals surface area contributed by atoms with Gasteiger partial charge in [-0.15, -0.1) is 0 Å². The lowest BCUT2D eigenvalue weighted by Crippen LogP contribution is -2.30. The zero-order valence-corrected chi connectivity index (χ0v) is 12.5. The number of nitrogens with zero attached hydrogens (tertiary/aromatic N) is 1. The maximum absolute atomic E-state index is 12.0. The van der Waals surface area contributed by atoms with Gasteiger partial charge in [-0.05, 0) is 42.0 Å². The van der Waals surface area contributed by atoms with E-state index in [2.05, 4.69) is 0 Å². The van der Waals surface area contributed by atoms with Gasteiger partial charge in [0.05, 0.1) is 0 Å². The van der Waals surface area contributed by atoms with Crippen LogP contribution in [0, 0.1) is 0 Å². The Labute approximate surface area is 129 Å². The summed E-state index contributed by atoms with van der Waals surface area (Å²) in [4.78, 5) is 13.6. The number of carbonyl (C=O) groups excluding carboxylic acids is 1. The first-order chi connectivity index (χ1) is 10.0. The maximum atomic E-state index is 12.0. The highest BCUT2D eigenvalue weighted by Gasteiger charge is 2.10. The molecule has 0 spiro atoms. The van der Waals surface area contributed by atoms with E-state index in [4.69, 9.17) is 22.1 Å². The number of hydrogen-bond acceptors (Lipinski definition) is 3. The van der Waals surface area contributed by atoms with Crippen LogP contribution in [0.2, 0.25) is 5.02 Å². The molecule has 0 unspecified atom stereocenters. The molecular formula is C16H17ClN2O2. The van der Waals surface area contributed by atoms with Crippen LogP contribution in [-0.2, 0) is 11.3 Å². The Morgan fingerprint density at radius 2 is 1.95 bits per heavy atom. The fourth-order valence-corrected chi connectivity index (χ4v) is 2.03. The highest BCUT2D eigenvalue weighted by atomic mass is 35.5. The summed E-state index contributed by atoms with van der Waals surface area (Å²) < 4.78 is 5.43. The summed E-state index contributed by atoms with van der Waals surface area (Å²) in [7, 11) is 1.73. The Hall–Kier alpha value is -2.20. The van der Waals surface area contributed by atoms with Crippen molar-refractivity contribution in [1.82, 2.24) is 4.90 Å². The number of ether oxygens (including phenoxy) is 1. The molecule has 0 aliphatic heterocycles. The van der Waals surface area contributed by atoms with Crippen LogP contribution in [-0.4, -0.2) is 24.5 Å². The van der Waals surface area contributed by atoms with E-state index in [0.717, 1.165) is 5.56 Å². The van der Waals surface area contributed by atoms with Gasteiger partial charge in [0.25, 0.3) is 5.91 Å². The third-order valence-electron chi connectivity index (χ3n) is 2.98. The molecule has 0 atom stereocenters. The molecule has 0 saturated heterocycles. The number of likely N-dealkylation sites (N-methyl/N-ethyl adjacent to an activating group) is 1. The van der Waals surface area contributed by atoms with Gasteiger partial charge < -0.3 is 15.4 Å². The smallest absolute Gasteiger partial charge is 0.260 e. The van der Waals surface area contributed by atoms with E-state index in [-0.39, 0.29) is 12.5 Å². The summed E-state index contributed by atoms with van der Waals surface area (Å²) in [5, 5.41) is 0.659. The van der Waals surface area contributed by atoms with Crippen LogP contribution in [0.15, 0.2) is 48.5 Å². The molecule has 0 aromatic heterocycles. The fourth-order valence-electron chi connectivity index (χ4n) is 1.82. The van der Waals surface area contributed by atoms with Crippen molar-refractivity contribution in [3.8, 4) is 5.75 Å². The monoisotopic (exact) mass is 304 g/mol. The van der Waals surface area contributed by atoms with Crippen molar-refractivity contribution in [1.29, 1.82) is 0 Å². The van der Waals surface area contributed by atoms with Gasteiger partial charge in [0.15, 0.2) is 6.61 Å².